The normalized spacial score (nSPS) is 12.0. The minimum absolute atomic E-state index is 0.0807. The number of aromatic nitrogens is 1. The lowest BCUT2D eigenvalue weighted by atomic mass is 10.2. The van der Waals surface area contributed by atoms with Crippen LogP contribution in [-0.4, -0.2) is 32.6 Å². The molecule has 0 spiro atoms. The average Bonchev–Trinajstić information content (AvgIpc) is 3.15. The number of methoxy groups -OCH3 is 1. The van der Waals surface area contributed by atoms with Gasteiger partial charge >= 0.3 is 0 Å². The quantitative estimate of drug-likeness (QED) is 0.413. The number of benzene rings is 3. The van der Waals surface area contributed by atoms with Gasteiger partial charge in [-0.2, -0.15) is 4.99 Å². The van der Waals surface area contributed by atoms with Crippen molar-refractivity contribution in [2.24, 2.45) is 12.0 Å². The molecule has 1 N–H and O–H groups in total. The second-order valence-electron chi connectivity index (χ2n) is 7.26. The lowest BCUT2D eigenvalue weighted by molar-refractivity contribution is 0.0998. The number of hydrogen-bond acceptors (Lipinski definition) is 6. The van der Waals surface area contributed by atoms with Crippen molar-refractivity contribution in [3.8, 4) is 11.5 Å². The van der Waals surface area contributed by atoms with Crippen LogP contribution in [0.1, 0.15) is 17.3 Å². The van der Waals surface area contributed by atoms with E-state index in [4.69, 9.17) is 9.47 Å². The Balaban J connectivity index is 1.63. The summed E-state index contributed by atoms with van der Waals surface area (Å²) in [5.41, 5.74) is 1.38. The molecule has 0 aliphatic rings. The molecule has 1 aromatic heterocycles. The summed E-state index contributed by atoms with van der Waals surface area (Å²) < 4.78 is 41.5. The predicted molar refractivity (Wildman–Crippen MR) is 132 cm³/mol. The lowest BCUT2D eigenvalue weighted by Gasteiger charge is -2.09. The molecule has 0 atom stereocenters. The number of nitrogens with one attached hydrogen (secondary N) is 1. The molecule has 0 fully saturated rings. The van der Waals surface area contributed by atoms with Gasteiger partial charge in [-0.15, -0.1) is 0 Å². The fourth-order valence-electron chi connectivity index (χ4n) is 3.38. The van der Waals surface area contributed by atoms with Crippen molar-refractivity contribution in [3.05, 3.63) is 77.1 Å². The molecule has 4 aromatic rings. The monoisotopic (exact) mass is 497 g/mol. The van der Waals surface area contributed by atoms with E-state index in [2.05, 4.69) is 9.71 Å². The van der Waals surface area contributed by atoms with E-state index in [1.165, 1.54) is 36.6 Å². The maximum absolute atomic E-state index is 12.9. The molecule has 3 aromatic carbocycles. The number of fused-ring (bicyclic) bond motifs is 1. The van der Waals surface area contributed by atoms with Gasteiger partial charge in [-0.05, 0) is 61.5 Å². The standard InChI is InChI=1S/C24H23N3O5S2/c1-4-32-20-9-6-10-21-22(20)27(2)24(33-21)25-23(28)16-7-5-8-17(15-16)26-34(29,30)19-13-11-18(31-3)12-14-19/h5-15,26H,4H2,1-3H3. The van der Waals surface area contributed by atoms with Crippen molar-refractivity contribution in [3.63, 3.8) is 0 Å². The molecule has 176 valence electrons. The molecule has 8 nitrogen and oxygen atoms in total. The zero-order valence-corrected chi connectivity index (χ0v) is 20.4. The third-order valence-electron chi connectivity index (χ3n) is 5.01. The largest absolute Gasteiger partial charge is 0.497 e. The number of carbonyl (C=O) groups is 1. The Morgan fingerprint density at radius 2 is 1.82 bits per heavy atom. The van der Waals surface area contributed by atoms with Crippen LogP contribution in [0.2, 0.25) is 0 Å². The Bertz CT molecular complexity index is 1520. The van der Waals surface area contributed by atoms with E-state index >= 15 is 0 Å². The van der Waals surface area contributed by atoms with Crippen LogP contribution in [0.25, 0.3) is 10.2 Å². The van der Waals surface area contributed by atoms with E-state index < -0.39 is 15.9 Å². The van der Waals surface area contributed by atoms with Crippen LogP contribution in [0.5, 0.6) is 11.5 Å². The maximum Gasteiger partial charge on any atom is 0.279 e. The van der Waals surface area contributed by atoms with E-state index in [1.807, 2.05) is 36.7 Å². The number of thiazole rings is 1. The molecule has 1 heterocycles. The van der Waals surface area contributed by atoms with Crippen LogP contribution < -0.4 is 19.0 Å². The predicted octanol–water partition coefficient (Wildman–Crippen LogP) is 4.19. The Morgan fingerprint density at radius 3 is 2.53 bits per heavy atom. The van der Waals surface area contributed by atoms with Crippen molar-refractivity contribution in [2.45, 2.75) is 11.8 Å². The molecule has 0 saturated carbocycles. The number of anilines is 1. The summed E-state index contributed by atoms with van der Waals surface area (Å²) >= 11 is 1.38. The molecule has 1 amide bonds. The van der Waals surface area contributed by atoms with E-state index in [-0.39, 0.29) is 16.1 Å². The third kappa shape index (κ3) is 4.82. The molecule has 0 aliphatic heterocycles. The number of hydrogen-bond donors (Lipinski definition) is 1. The second-order valence-corrected chi connectivity index (χ2v) is 9.95. The number of amides is 1. The summed E-state index contributed by atoms with van der Waals surface area (Å²) in [5.74, 6) is 0.795. The van der Waals surface area contributed by atoms with Gasteiger partial charge in [0.2, 0.25) is 0 Å². The molecular weight excluding hydrogens is 474 g/mol. The third-order valence-corrected chi connectivity index (χ3v) is 7.51. The van der Waals surface area contributed by atoms with Crippen LogP contribution in [0.15, 0.2) is 76.6 Å². The molecule has 0 aliphatic carbocycles. The van der Waals surface area contributed by atoms with Gasteiger partial charge in [0.25, 0.3) is 15.9 Å². The number of nitrogens with zero attached hydrogens (tertiary/aromatic N) is 2. The number of rotatable bonds is 7. The van der Waals surface area contributed by atoms with E-state index in [0.29, 0.717) is 17.2 Å². The summed E-state index contributed by atoms with van der Waals surface area (Å²) in [6, 6.07) is 18.0. The fourth-order valence-corrected chi connectivity index (χ4v) is 5.47. The van der Waals surface area contributed by atoms with Crippen molar-refractivity contribution in [1.82, 2.24) is 4.57 Å². The number of para-hydroxylation sites is 1. The van der Waals surface area contributed by atoms with Crippen LogP contribution in [0.4, 0.5) is 5.69 Å². The summed E-state index contributed by atoms with van der Waals surface area (Å²) in [4.78, 5) is 17.8. The number of carbonyl (C=O) groups excluding carboxylic acids is 1. The first-order chi connectivity index (χ1) is 16.3. The molecule has 0 unspecified atom stereocenters. The first-order valence-electron chi connectivity index (χ1n) is 10.4. The van der Waals surface area contributed by atoms with Crippen molar-refractivity contribution >= 4 is 43.2 Å². The van der Waals surface area contributed by atoms with E-state index in [1.54, 1.807) is 30.3 Å². The Labute approximate surface area is 201 Å². The molecule has 34 heavy (non-hydrogen) atoms. The summed E-state index contributed by atoms with van der Waals surface area (Å²) in [5, 5.41) is 0. The average molecular weight is 498 g/mol. The minimum Gasteiger partial charge on any atom is -0.497 e. The summed E-state index contributed by atoms with van der Waals surface area (Å²) in [6.07, 6.45) is 0. The summed E-state index contributed by atoms with van der Waals surface area (Å²) in [6.45, 7) is 2.44. The zero-order valence-electron chi connectivity index (χ0n) is 18.8. The van der Waals surface area contributed by atoms with Gasteiger partial charge in [0.1, 0.15) is 17.0 Å². The number of aryl methyl sites for hydroxylation is 1. The van der Waals surface area contributed by atoms with Gasteiger partial charge in [0.05, 0.1) is 23.3 Å². The highest BCUT2D eigenvalue weighted by Crippen LogP contribution is 2.27. The Kier molecular flexibility index (Phi) is 6.71. The van der Waals surface area contributed by atoms with Crippen molar-refractivity contribution < 1.29 is 22.7 Å². The first kappa shape index (κ1) is 23.5. The molecule has 4 rings (SSSR count). The first-order valence-corrected chi connectivity index (χ1v) is 12.7. The van der Waals surface area contributed by atoms with Gasteiger partial charge in [-0.25, -0.2) is 8.42 Å². The van der Waals surface area contributed by atoms with Crippen molar-refractivity contribution in [2.75, 3.05) is 18.4 Å². The van der Waals surface area contributed by atoms with E-state index in [0.717, 1.165) is 16.0 Å². The highest BCUT2D eigenvalue weighted by atomic mass is 32.2. The topological polar surface area (TPSA) is 99.0 Å². The smallest absolute Gasteiger partial charge is 0.279 e. The molecule has 0 saturated heterocycles. The molecule has 0 bridgehead atoms. The highest BCUT2D eigenvalue weighted by Gasteiger charge is 2.16. The van der Waals surface area contributed by atoms with Crippen LogP contribution in [-0.2, 0) is 17.1 Å². The maximum atomic E-state index is 12.9. The van der Waals surface area contributed by atoms with Gasteiger partial charge in [0, 0.05) is 18.3 Å². The van der Waals surface area contributed by atoms with Crippen molar-refractivity contribution in [1.29, 1.82) is 0 Å². The number of sulfonamides is 1. The SMILES string of the molecule is CCOc1cccc2sc(=NC(=O)c3cccc(NS(=O)(=O)c4ccc(OC)cc4)c3)n(C)c12. The molecule has 0 radical (unpaired) electrons. The van der Waals surface area contributed by atoms with Crippen LogP contribution in [0.3, 0.4) is 0 Å². The lowest BCUT2D eigenvalue weighted by Crippen LogP contribution is -2.15. The Hall–Kier alpha value is -3.63. The van der Waals surface area contributed by atoms with Crippen LogP contribution >= 0.6 is 11.3 Å². The van der Waals surface area contributed by atoms with Gasteiger partial charge in [-0.1, -0.05) is 23.5 Å². The molecular formula is C24H23N3O5S2. The fraction of sp³-hybridized carbons (Fsp3) is 0.167. The van der Waals surface area contributed by atoms with Crippen LogP contribution in [0, 0.1) is 0 Å². The molecule has 10 heteroatoms. The minimum atomic E-state index is -3.84. The zero-order chi connectivity index (χ0) is 24.3. The van der Waals surface area contributed by atoms with Gasteiger partial charge in [-0.3, -0.25) is 9.52 Å². The summed E-state index contributed by atoms with van der Waals surface area (Å²) in [7, 11) is -0.505. The van der Waals surface area contributed by atoms with Gasteiger partial charge in [0.15, 0.2) is 4.80 Å². The number of ether oxygens (including phenoxy) is 2. The van der Waals surface area contributed by atoms with E-state index in [9.17, 15) is 13.2 Å². The van der Waals surface area contributed by atoms with Gasteiger partial charge < -0.3 is 14.0 Å². The Morgan fingerprint density at radius 1 is 1.09 bits per heavy atom. The highest BCUT2D eigenvalue weighted by molar-refractivity contribution is 7.92. The second kappa shape index (κ2) is 9.70.